The second-order valence-electron chi connectivity index (χ2n) is 4.53. The van der Waals surface area contributed by atoms with Crippen LogP contribution >= 0.6 is 0 Å². The second kappa shape index (κ2) is 5.28. The minimum Gasteiger partial charge on any atom is -0.374 e. The third-order valence-electron chi connectivity index (χ3n) is 3.13. The van der Waals surface area contributed by atoms with E-state index in [4.69, 9.17) is 0 Å². The molecule has 1 aromatic heterocycles. The van der Waals surface area contributed by atoms with E-state index in [0.29, 0.717) is 12.3 Å². The molecule has 0 saturated heterocycles. The Morgan fingerprint density at radius 2 is 1.55 bits per heavy atom. The van der Waals surface area contributed by atoms with Gasteiger partial charge in [0, 0.05) is 18.0 Å². The van der Waals surface area contributed by atoms with Crippen LogP contribution in [0.5, 0.6) is 0 Å². The van der Waals surface area contributed by atoms with Crippen LogP contribution in [0.15, 0.2) is 48.8 Å². The van der Waals surface area contributed by atoms with E-state index in [9.17, 15) is 31.4 Å². The largest absolute Gasteiger partial charge is 0.457 e. The molecule has 0 fully saturated rings. The van der Waals surface area contributed by atoms with Crippen LogP contribution in [0.25, 0.3) is 0 Å². The van der Waals surface area contributed by atoms with Gasteiger partial charge in [-0.2, -0.15) is 22.0 Å². The summed E-state index contributed by atoms with van der Waals surface area (Å²) >= 11 is 0. The Morgan fingerprint density at radius 3 is 2.05 bits per heavy atom. The van der Waals surface area contributed by atoms with Crippen LogP contribution in [0.1, 0.15) is 11.1 Å². The molecule has 0 aliphatic carbocycles. The first-order valence-corrected chi connectivity index (χ1v) is 5.94. The Morgan fingerprint density at radius 1 is 0.909 bits per heavy atom. The number of rotatable bonds is 3. The lowest BCUT2D eigenvalue weighted by molar-refractivity contribution is -0.336. The quantitative estimate of drug-likeness (QED) is 0.875. The van der Waals surface area contributed by atoms with Crippen LogP contribution in [0.2, 0.25) is 0 Å². The number of halogens is 6. The summed E-state index contributed by atoms with van der Waals surface area (Å²) in [6.45, 7) is 0. The summed E-state index contributed by atoms with van der Waals surface area (Å²) in [6, 6.07) is 4.95. The Bertz CT molecular complexity index is 658. The smallest absolute Gasteiger partial charge is 0.374 e. The van der Waals surface area contributed by atoms with Crippen molar-refractivity contribution in [1.29, 1.82) is 0 Å². The fourth-order valence-electron chi connectivity index (χ4n) is 2.02. The van der Waals surface area contributed by atoms with Gasteiger partial charge in [-0.25, -0.2) is 4.39 Å². The van der Waals surface area contributed by atoms with Crippen molar-refractivity contribution < 1.29 is 31.4 Å². The number of pyridine rings is 1. The van der Waals surface area contributed by atoms with Crippen molar-refractivity contribution in [3.8, 4) is 0 Å². The molecular weight excluding hydrogens is 312 g/mol. The number of hydrogen-bond acceptors (Lipinski definition) is 2. The third-order valence-corrected chi connectivity index (χ3v) is 3.13. The lowest BCUT2D eigenvalue weighted by Gasteiger charge is -2.37. The summed E-state index contributed by atoms with van der Waals surface area (Å²) in [5.41, 5.74) is -5.53. The van der Waals surface area contributed by atoms with Gasteiger partial charge in [0.15, 0.2) is 5.60 Å². The Kier molecular flexibility index (Phi) is 3.90. The average molecular weight is 321 g/mol. The van der Waals surface area contributed by atoms with E-state index >= 15 is 0 Å². The van der Waals surface area contributed by atoms with E-state index < -0.39 is 34.6 Å². The highest BCUT2D eigenvalue weighted by Gasteiger charge is 2.71. The van der Waals surface area contributed by atoms with Crippen LogP contribution in [-0.2, 0) is 5.60 Å². The van der Waals surface area contributed by atoms with E-state index in [2.05, 4.69) is 4.98 Å². The number of aromatic nitrogens is 1. The first-order valence-electron chi connectivity index (χ1n) is 5.94. The second-order valence-corrected chi connectivity index (χ2v) is 4.53. The molecule has 8 heteroatoms. The zero-order valence-corrected chi connectivity index (χ0v) is 10.8. The maximum absolute atomic E-state index is 14.0. The first-order chi connectivity index (χ1) is 10.1. The lowest BCUT2D eigenvalue weighted by Crippen LogP contribution is -2.55. The molecule has 1 atom stereocenters. The van der Waals surface area contributed by atoms with Crippen LogP contribution in [-0.4, -0.2) is 22.2 Å². The maximum atomic E-state index is 14.0. The van der Waals surface area contributed by atoms with E-state index in [-0.39, 0.29) is 0 Å². The molecule has 0 saturated carbocycles. The van der Waals surface area contributed by atoms with Crippen molar-refractivity contribution in [2.45, 2.75) is 17.7 Å². The van der Waals surface area contributed by atoms with Gasteiger partial charge >= 0.3 is 12.1 Å². The molecule has 0 bridgehead atoms. The molecule has 22 heavy (non-hydrogen) atoms. The van der Waals surface area contributed by atoms with Crippen molar-refractivity contribution in [1.82, 2.24) is 4.98 Å². The Hall–Kier alpha value is -2.09. The van der Waals surface area contributed by atoms with Crippen molar-refractivity contribution in [3.63, 3.8) is 0 Å². The molecule has 118 valence electrons. The fraction of sp³-hybridized carbons (Fsp3) is 0.214. The normalized spacial score (nSPS) is 15.4. The average Bonchev–Trinajstić information content (AvgIpc) is 2.46. The number of aliphatic hydroxyl groups is 1. The van der Waals surface area contributed by atoms with Gasteiger partial charge in [0.25, 0.3) is 0 Å². The maximum Gasteiger partial charge on any atom is 0.457 e. The molecule has 2 rings (SSSR count). The summed E-state index contributed by atoms with van der Waals surface area (Å²) in [4.78, 5) is 3.44. The standard InChI is InChI=1S/C14H9F6NO/c15-11-5-1-3-9(7-11)12(22,10-4-2-6-21-8-10)13(16,17)14(18,19)20/h1-8,22H. The van der Waals surface area contributed by atoms with Crippen LogP contribution in [0, 0.1) is 5.82 Å². The number of hydrogen-bond donors (Lipinski definition) is 1. The number of nitrogens with zero attached hydrogens (tertiary/aromatic N) is 1. The molecule has 1 unspecified atom stereocenters. The highest BCUT2D eigenvalue weighted by molar-refractivity contribution is 5.38. The fourth-order valence-corrected chi connectivity index (χ4v) is 2.02. The van der Waals surface area contributed by atoms with Gasteiger partial charge in [-0.15, -0.1) is 0 Å². The van der Waals surface area contributed by atoms with E-state index in [1.54, 1.807) is 0 Å². The molecule has 0 aliphatic heterocycles. The van der Waals surface area contributed by atoms with Gasteiger partial charge in [-0.05, 0) is 23.8 Å². The number of benzene rings is 1. The molecule has 2 aromatic rings. The van der Waals surface area contributed by atoms with Crippen LogP contribution in [0.4, 0.5) is 26.3 Å². The monoisotopic (exact) mass is 321 g/mol. The van der Waals surface area contributed by atoms with Gasteiger partial charge in [-0.3, -0.25) is 4.98 Å². The highest BCUT2D eigenvalue weighted by Crippen LogP contribution is 2.51. The molecule has 2 nitrogen and oxygen atoms in total. The summed E-state index contributed by atoms with van der Waals surface area (Å²) in [5, 5.41) is 10.3. The summed E-state index contributed by atoms with van der Waals surface area (Å²) in [6.07, 6.45) is -4.24. The Labute approximate surface area is 121 Å². The van der Waals surface area contributed by atoms with Gasteiger partial charge in [-0.1, -0.05) is 18.2 Å². The van der Waals surface area contributed by atoms with E-state index in [0.717, 1.165) is 36.5 Å². The van der Waals surface area contributed by atoms with Gasteiger partial charge < -0.3 is 5.11 Å². The van der Waals surface area contributed by atoms with Crippen molar-refractivity contribution in [2.75, 3.05) is 0 Å². The van der Waals surface area contributed by atoms with Gasteiger partial charge in [0.05, 0.1) is 0 Å². The molecule has 0 radical (unpaired) electrons. The zero-order valence-electron chi connectivity index (χ0n) is 10.8. The molecule has 0 aliphatic rings. The van der Waals surface area contributed by atoms with Crippen molar-refractivity contribution in [3.05, 3.63) is 65.7 Å². The lowest BCUT2D eigenvalue weighted by atomic mass is 9.81. The number of alkyl halides is 5. The van der Waals surface area contributed by atoms with Crippen molar-refractivity contribution in [2.24, 2.45) is 0 Å². The van der Waals surface area contributed by atoms with E-state index in [1.807, 2.05) is 0 Å². The summed E-state index contributed by atoms with van der Waals surface area (Å²) in [5.74, 6) is -6.62. The molecule has 0 spiro atoms. The minimum atomic E-state index is -6.05. The molecule has 1 N–H and O–H groups in total. The molecule has 1 aromatic carbocycles. The topological polar surface area (TPSA) is 33.1 Å². The SMILES string of the molecule is OC(c1cccnc1)(c1cccc(F)c1)C(F)(F)C(F)(F)F. The predicted octanol–water partition coefficient (Wildman–Crippen LogP) is 3.65. The molecule has 0 amide bonds. The predicted molar refractivity (Wildman–Crippen MR) is 64.6 cm³/mol. The minimum absolute atomic E-state index is 0.423. The Balaban J connectivity index is 2.76. The van der Waals surface area contributed by atoms with Crippen LogP contribution in [0.3, 0.4) is 0 Å². The van der Waals surface area contributed by atoms with Gasteiger partial charge in [0.1, 0.15) is 5.82 Å². The summed E-state index contributed by atoms with van der Waals surface area (Å²) < 4.78 is 79.5. The molecule has 1 heterocycles. The van der Waals surface area contributed by atoms with E-state index in [1.165, 1.54) is 0 Å². The highest BCUT2D eigenvalue weighted by atomic mass is 19.4. The first kappa shape index (κ1) is 16.3. The van der Waals surface area contributed by atoms with Gasteiger partial charge in [0.2, 0.25) is 0 Å². The summed E-state index contributed by atoms with van der Waals surface area (Å²) in [7, 11) is 0. The van der Waals surface area contributed by atoms with Crippen LogP contribution < -0.4 is 0 Å². The third kappa shape index (κ3) is 2.43. The van der Waals surface area contributed by atoms with Crippen molar-refractivity contribution >= 4 is 0 Å². The molecular formula is C14H9F6NO. The zero-order chi connectivity index (χ0) is 16.6.